The fourth-order valence-electron chi connectivity index (χ4n) is 2.13. The zero-order chi connectivity index (χ0) is 12.9. The Bertz CT molecular complexity index is 248. The molecule has 0 aromatic rings. The Morgan fingerprint density at radius 1 is 1.47 bits per heavy atom. The van der Waals surface area contributed by atoms with Crippen LogP contribution in [0.25, 0.3) is 0 Å². The first-order valence-corrected chi connectivity index (χ1v) is 6.56. The van der Waals surface area contributed by atoms with Gasteiger partial charge in [-0.15, -0.1) is 0 Å². The maximum absolute atomic E-state index is 11.5. The highest BCUT2D eigenvalue weighted by atomic mass is 16.6. The van der Waals surface area contributed by atoms with E-state index < -0.39 is 0 Å². The topological polar surface area (TPSA) is 55.6 Å². The van der Waals surface area contributed by atoms with Gasteiger partial charge >= 0.3 is 5.97 Å². The van der Waals surface area contributed by atoms with Crippen molar-refractivity contribution < 1.29 is 9.53 Å². The predicted octanol–water partition coefficient (Wildman–Crippen LogP) is 1.53. The van der Waals surface area contributed by atoms with Crippen molar-refractivity contribution in [3.8, 4) is 0 Å². The van der Waals surface area contributed by atoms with Gasteiger partial charge in [0.1, 0.15) is 5.60 Å². The average Bonchev–Trinajstić information content (AvgIpc) is 2.14. The molecule has 0 unspecified atom stereocenters. The van der Waals surface area contributed by atoms with Crippen molar-refractivity contribution in [3.63, 3.8) is 0 Å². The molecule has 17 heavy (non-hydrogen) atoms. The smallest absolute Gasteiger partial charge is 0.306 e. The van der Waals surface area contributed by atoms with E-state index in [-0.39, 0.29) is 11.6 Å². The van der Waals surface area contributed by atoms with E-state index in [0.717, 1.165) is 32.5 Å². The van der Waals surface area contributed by atoms with Gasteiger partial charge in [0.05, 0.1) is 0 Å². The molecule has 0 aromatic carbocycles. The van der Waals surface area contributed by atoms with Crippen molar-refractivity contribution in [1.82, 2.24) is 4.90 Å². The lowest BCUT2D eigenvalue weighted by atomic mass is 10.1. The third-order valence-corrected chi connectivity index (χ3v) is 2.82. The molecule has 0 amide bonds. The first kappa shape index (κ1) is 14.5. The van der Waals surface area contributed by atoms with Crippen molar-refractivity contribution in [2.24, 2.45) is 5.73 Å². The minimum atomic E-state index is -0.370. The van der Waals surface area contributed by atoms with Crippen molar-refractivity contribution >= 4 is 5.97 Å². The number of hydrogen-bond acceptors (Lipinski definition) is 4. The van der Waals surface area contributed by atoms with Gasteiger partial charge in [-0.25, -0.2) is 0 Å². The number of likely N-dealkylation sites (tertiary alicyclic amines) is 1. The summed E-state index contributed by atoms with van der Waals surface area (Å²) in [6.45, 7) is 8.72. The van der Waals surface area contributed by atoms with Crippen molar-refractivity contribution in [2.45, 2.75) is 58.1 Å². The fourth-order valence-corrected chi connectivity index (χ4v) is 2.13. The molecule has 4 heteroatoms. The fraction of sp³-hybridized carbons (Fsp3) is 0.923. The van der Waals surface area contributed by atoms with E-state index in [0.29, 0.717) is 12.5 Å². The average molecular weight is 242 g/mol. The number of carbonyl (C=O) groups excluding carboxylic acids is 1. The largest absolute Gasteiger partial charge is 0.460 e. The number of nitrogens with two attached hydrogens (primary N) is 1. The number of hydrogen-bond donors (Lipinski definition) is 1. The Balaban J connectivity index is 2.13. The quantitative estimate of drug-likeness (QED) is 0.760. The van der Waals surface area contributed by atoms with Crippen molar-refractivity contribution in [3.05, 3.63) is 0 Å². The van der Waals surface area contributed by atoms with E-state index >= 15 is 0 Å². The van der Waals surface area contributed by atoms with Gasteiger partial charge in [0.15, 0.2) is 0 Å². The summed E-state index contributed by atoms with van der Waals surface area (Å²) in [6.07, 6.45) is 3.67. The maximum Gasteiger partial charge on any atom is 0.306 e. The minimum Gasteiger partial charge on any atom is -0.460 e. The van der Waals surface area contributed by atoms with Crippen LogP contribution in [0.15, 0.2) is 0 Å². The van der Waals surface area contributed by atoms with E-state index in [1.165, 1.54) is 6.42 Å². The molecule has 0 spiro atoms. The molecule has 1 heterocycles. The second kappa shape index (κ2) is 6.36. The lowest BCUT2D eigenvalue weighted by Gasteiger charge is -2.30. The van der Waals surface area contributed by atoms with Gasteiger partial charge < -0.3 is 15.4 Å². The predicted molar refractivity (Wildman–Crippen MR) is 68.7 cm³/mol. The molecule has 1 rings (SSSR count). The third kappa shape index (κ3) is 6.64. The highest BCUT2D eigenvalue weighted by molar-refractivity contribution is 5.69. The number of piperidine rings is 1. The lowest BCUT2D eigenvalue weighted by Crippen LogP contribution is -2.43. The minimum absolute atomic E-state index is 0.0983. The first-order chi connectivity index (χ1) is 7.87. The van der Waals surface area contributed by atoms with Crippen molar-refractivity contribution in [1.29, 1.82) is 0 Å². The molecule has 1 atom stereocenters. The van der Waals surface area contributed by atoms with Crippen LogP contribution in [0.1, 0.15) is 46.5 Å². The molecule has 0 radical (unpaired) electrons. The summed E-state index contributed by atoms with van der Waals surface area (Å²) >= 11 is 0. The van der Waals surface area contributed by atoms with Gasteiger partial charge in [-0.05, 0) is 53.1 Å². The number of rotatable bonds is 4. The van der Waals surface area contributed by atoms with Crippen LogP contribution in [-0.4, -0.2) is 42.1 Å². The Kier molecular flexibility index (Phi) is 5.40. The van der Waals surface area contributed by atoms with Crippen LogP contribution in [0.2, 0.25) is 0 Å². The van der Waals surface area contributed by atoms with Gasteiger partial charge in [-0.3, -0.25) is 4.79 Å². The summed E-state index contributed by atoms with van der Waals surface area (Å²) in [4.78, 5) is 13.8. The molecule has 100 valence electrons. The Morgan fingerprint density at radius 2 is 2.18 bits per heavy atom. The molecule has 1 saturated heterocycles. The highest BCUT2D eigenvalue weighted by Crippen LogP contribution is 2.11. The van der Waals surface area contributed by atoms with Gasteiger partial charge in [-0.2, -0.15) is 0 Å². The van der Waals surface area contributed by atoms with E-state index in [9.17, 15) is 4.79 Å². The molecule has 2 N–H and O–H groups in total. The second-order valence-electron chi connectivity index (χ2n) is 5.89. The molecular formula is C13H26N2O2. The number of nitrogens with zero attached hydrogens (tertiary/aromatic N) is 1. The van der Waals surface area contributed by atoms with E-state index in [2.05, 4.69) is 4.90 Å². The monoisotopic (exact) mass is 242 g/mol. The zero-order valence-electron chi connectivity index (χ0n) is 11.4. The number of ether oxygens (including phenoxy) is 1. The van der Waals surface area contributed by atoms with Crippen LogP contribution in [0.3, 0.4) is 0 Å². The van der Waals surface area contributed by atoms with Crippen LogP contribution in [0.5, 0.6) is 0 Å². The third-order valence-electron chi connectivity index (χ3n) is 2.82. The molecule has 1 aliphatic rings. The molecule has 1 fully saturated rings. The molecular weight excluding hydrogens is 216 g/mol. The van der Waals surface area contributed by atoms with Gasteiger partial charge in [-0.1, -0.05) is 0 Å². The van der Waals surface area contributed by atoms with Crippen LogP contribution in [0, 0.1) is 0 Å². The van der Waals surface area contributed by atoms with Crippen LogP contribution in [-0.2, 0) is 9.53 Å². The van der Waals surface area contributed by atoms with Gasteiger partial charge in [0.2, 0.25) is 0 Å². The SMILES string of the molecule is CC(C)(C)OC(=O)CCCN1CCC[C@@H](N)C1. The summed E-state index contributed by atoms with van der Waals surface area (Å²) in [7, 11) is 0. The number of esters is 1. The van der Waals surface area contributed by atoms with E-state index in [1.807, 2.05) is 20.8 Å². The van der Waals surface area contributed by atoms with E-state index in [1.54, 1.807) is 0 Å². The van der Waals surface area contributed by atoms with Gasteiger partial charge in [0, 0.05) is 19.0 Å². The Morgan fingerprint density at radius 3 is 2.76 bits per heavy atom. The standard InChI is InChI=1S/C13H26N2O2/c1-13(2,3)17-12(16)7-5-9-15-8-4-6-11(14)10-15/h11H,4-10,14H2,1-3H3/t11-/m1/s1. The zero-order valence-corrected chi connectivity index (χ0v) is 11.4. The normalized spacial score (nSPS) is 22.5. The summed E-state index contributed by atoms with van der Waals surface area (Å²) in [6, 6.07) is 0.310. The van der Waals surface area contributed by atoms with Crippen molar-refractivity contribution in [2.75, 3.05) is 19.6 Å². The molecule has 0 bridgehead atoms. The summed E-state index contributed by atoms with van der Waals surface area (Å²) in [5, 5.41) is 0. The molecule has 0 aromatic heterocycles. The summed E-state index contributed by atoms with van der Waals surface area (Å²) in [5.74, 6) is -0.0983. The Labute approximate surface area is 104 Å². The lowest BCUT2D eigenvalue weighted by molar-refractivity contribution is -0.155. The van der Waals surface area contributed by atoms with E-state index in [4.69, 9.17) is 10.5 Å². The maximum atomic E-state index is 11.5. The molecule has 0 saturated carbocycles. The van der Waals surface area contributed by atoms with Crippen LogP contribution >= 0.6 is 0 Å². The summed E-state index contributed by atoms with van der Waals surface area (Å²) in [5.41, 5.74) is 5.54. The first-order valence-electron chi connectivity index (χ1n) is 6.56. The van der Waals surface area contributed by atoms with Crippen LogP contribution < -0.4 is 5.73 Å². The number of carbonyl (C=O) groups is 1. The summed E-state index contributed by atoms with van der Waals surface area (Å²) < 4.78 is 5.27. The Hall–Kier alpha value is -0.610. The molecule has 1 aliphatic heterocycles. The second-order valence-corrected chi connectivity index (χ2v) is 5.89. The highest BCUT2D eigenvalue weighted by Gasteiger charge is 2.18. The molecule has 4 nitrogen and oxygen atoms in total. The van der Waals surface area contributed by atoms with Gasteiger partial charge in [0.25, 0.3) is 0 Å². The molecule has 0 aliphatic carbocycles. The van der Waals surface area contributed by atoms with Crippen LogP contribution in [0.4, 0.5) is 0 Å².